The second-order valence-corrected chi connectivity index (χ2v) is 8.14. The topological polar surface area (TPSA) is 80.5 Å². The van der Waals surface area contributed by atoms with E-state index >= 15 is 0 Å². The number of thiophene rings is 1. The van der Waals surface area contributed by atoms with Gasteiger partial charge < -0.3 is 14.6 Å². The molecular formula is C22H26N4O3S. The Labute approximate surface area is 180 Å². The minimum absolute atomic E-state index is 0.0111. The highest BCUT2D eigenvalue weighted by atomic mass is 32.1. The summed E-state index contributed by atoms with van der Waals surface area (Å²) in [6.45, 7) is 2.69. The van der Waals surface area contributed by atoms with Gasteiger partial charge in [0.05, 0.1) is 13.2 Å². The first-order valence-electron chi connectivity index (χ1n) is 10.2. The molecule has 3 aromatic rings. The van der Waals surface area contributed by atoms with Crippen LogP contribution in [0.5, 0.6) is 5.75 Å². The highest BCUT2D eigenvalue weighted by Gasteiger charge is 2.24. The Hall–Kier alpha value is -2.71. The second kappa shape index (κ2) is 9.86. The number of likely N-dealkylation sites (tertiary alicyclic amines) is 1. The van der Waals surface area contributed by atoms with E-state index in [2.05, 4.69) is 32.5 Å². The molecule has 1 aromatic carbocycles. The Bertz CT molecular complexity index is 934. The maximum absolute atomic E-state index is 12.5. The third-order valence-electron chi connectivity index (χ3n) is 5.39. The molecule has 0 saturated carbocycles. The first-order valence-corrected chi connectivity index (χ1v) is 11.2. The molecule has 1 N–H and O–H groups in total. The highest BCUT2D eigenvalue weighted by Crippen LogP contribution is 2.26. The SMILES string of the molecule is COc1ccc(C(CNC(=O)CCc2nc(-c3ccsc3)no2)N2CCCC2)cc1. The van der Waals surface area contributed by atoms with E-state index < -0.39 is 0 Å². The molecule has 1 amide bonds. The standard InChI is InChI=1S/C22H26N4O3S/c1-28-18-6-4-16(5-7-18)19(26-11-2-3-12-26)14-23-20(27)8-9-21-24-22(25-29-21)17-10-13-30-15-17/h4-7,10,13,15,19H,2-3,8-9,11-12,14H2,1H3,(H,23,27). The summed E-state index contributed by atoms with van der Waals surface area (Å²) >= 11 is 1.58. The van der Waals surface area contributed by atoms with Gasteiger partial charge >= 0.3 is 0 Å². The lowest BCUT2D eigenvalue weighted by atomic mass is 10.1. The van der Waals surface area contributed by atoms with Gasteiger partial charge in [-0.25, -0.2) is 0 Å². The van der Waals surface area contributed by atoms with E-state index in [1.165, 1.54) is 18.4 Å². The Morgan fingerprint density at radius 2 is 2.07 bits per heavy atom. The van der Waals surface area contributed by atoms with E-state index in [0.717, 1.165) is 24.4 Å². The van der Waals surface area contributed by atoms with Crippen LogP contribution >= 0.6 is 11.3 Å². The molecule has 2 aromatic heterocycles. The van der Waals surface area contributed by atoms with Crippen LogP contribution in [0.4, 0.5) is 0 Å². The fourth-order valence-corrected chi connectivity index (χ4v) is 4.36. The Morgan fingerprint density at radius 1 is 1.27 bits per heavy atom. The number of aromatic nitrogens is 2. The summed E-state index contributed by atoms with van der Waals surface area (Å²) in [5.41, 5.74) is 2.13. The number of aryl methyl sites for hydroxylation is 1. The van der Waals surface area contributed by atoms with Crippen LogP contribution in [0.3, 0.4) is 0 Å². The maximum Gasteiger partial charge on any atom is 0.227 e. The number of benzene rings is 1. The lowest BCUT2D eigenvalue weighted by Crippen LogP contribution is -2.36. The second-order valence-electron chi connectivity index (χ2n) is 7.36. The van der Waals surface area contributed by atoms with Gasteiger partial charge in [-0.15, -0.1) is 0 Å². The summed E-state index contributed by atoms with van der Waals surface area (Å²) in [5.74, 6) is 1.88. The molecule has 30 heavy (non-hydrogen) atoms. The number of amides is 1. The molecule has 0 bridgehead atoms. The van der Waals surface area contributed by atoms with Gasteiger partial charge in [0.1, 0.15) is 5.75 Å². The highest BCUT2D eigenvalue weighted by molar-refractivity contribution is 7.08. The van der Waals surface area contributed by atoms with Crippen molar-refractivity contribution >= 4 is 17.2 Å². The minimum atomic E-state index is -0.0111. The van der Waals surface area contributed by atoms with Crippen LogP contribution in [0.25, 0.3) is 11.4 Å². The number of rotatable bonds is 9. The van der Waals surface area contributed by atoms with Crippen molar-refractivity contribution < 1.29 is 14.1 Å². The summed E-state index contributed by atoms with van der Waals surface area (Å²) in [4.78, 5) is 19.3. The van der Waals surface area contributed by atoms with Crippen molar-refractivity contribution in [1.29, 1.82) is 0 Å². The quantitative estimate of drug-likeness (QED) is 0.562. The normalized spacial score (nSPS) is 15.2. The molecule has 0 spiro atoms. The van der Waals surface area contributed by atoms with Gasteiger partial charge in [0, 0.05) is 30.3 Å². The fraction of sp³-hybridized carbons (Fsp3) is 0.409. The van der Waals surface area contributed by atoms with E-state index in [1.807, 2.05) is 29.0 Å². The Balaban J connectivity index is 1.32. The molecule has 3 heterocycles. The largest absolute Gasteiger partial charge is 0.497 e. The van der Waals surface area contributed by atoms with Gasteiger partial charge in [-0.05, 0) is 55.1 Å². The van der Waals surface area contributed by atoms with Crippen LogP contribution in [0.15, 0.2) is 45.6 Å². The van der Waals surface area contributed by atoms with E-state index in [0.29, 0.717) is 31.1 Å². The predicted molar refractivity (Wildman–Crippen MR) is 115 cm³/mol. The molecule has 7 nitrogen and oxygen atoms in total. The van der Waals surface area contributed by atoms with Crippen LogP contribution in [-0.4, -0.2) is 47.7 Å². The number of nitrogens with one attached hydrogen (secondary N) is 1. The number of hydrogen-bond donors (Lipinski definition) is 1. The molecule has 1 atom stereocenters. The first kappa shape index (κ1) is 20.6. The number of hydrogen-bond acceptors (Lipinski definition) is 7. The Kier molecular flexibility index (Phi) is 6.76. The monoisotopic (exact) mass is 426 g/mol. The first-order chi connectivity index (χ1) is 14.7. The molecule has 0 radical (unpaired) electrons. The van der Waals surface area contributed by atoms with Gasteiger partial charge in [0.25, 0.3) is 0 Å². The molecule has 1 saturated heterocycles. The van der Waals surface area contributed by atoms with Crippen molar-refractivity contribution in [2.45, 2.75) is 31.7 Å². The number of nitrogens with zero attached hydrogens (tertiary/aromatic N) is 3. The minimum Gasteiger partial charge on any atom is -0.497 e. The zero-order chi connectivity index (χ0) is 20.8. The Morgan fingerprint density at radius 3 is 2.77 bits per heavy atom. The molecule has 1 aliphatic heterocycles. The fourth-order valence-electron chi connectivity index (χ4n) is 3.72. The average Bonchev–Trinajstić information content (AvgIpc) is 3.55. The van der Waals surface area contributed by atoms with Gasteiger partial charge in [-0.3, -0.25) is 9.69 Å². The molecule has 1 aliphatic rings. The van der Waals surface area contributed by atoms with E-state index in [-0.39, 0.29) is 11.9 Å². The number of carbonyl (C=O) groups is 1. The molecule has 1 fully saturated rings. The lowest BCUT2D eigenvalue weighted by Gasteiger charge is -2.28. The molecule has 8 heteroatoms. The van der Waals surface area contributed by atoms with Crippen molar-refractivity contribution in [2.75, 3.05) is 26.7 Å². The van der Waals surface area contributed by atoms with Crippen molar-refractivity contribution in [3.63, 3.8) is 0 Å². The predicted octanol–water partition coefficient (Wildman–Crippen LogP) is 3.69. The molecule has 0 aliphatic carbocycles. The van der Waals surface area contributed by atoms with E-state index in [4.69, 9.17) is 9.26 Å². The molecular weight excluding hydrogens is 400 g/mol. The van der Waals surface area contributed by atoms with E-state index in [9.17, 15) is 4.79 Å². The van der Waals surface area contributed by atoms with Crippen LogP contribution in [0.1, 0.15) is 36.8 Å². The summed E-state index contributed by atoms with van der Waals surface area (Å²) in [6, 6.07) is 10.2. The summed E-state index contributed by atoms with van der Waals surface area (Å²) in [5, 5.41) is 11.0. The van der Waals surface area contributed by atoms with Crippen molar-refractivity contribution in [2.24, 2.45) is 0 Å². The van der Waals surface area contributed by atoms with Gasteiger partial charge in [0.2, 0.25) is 17.6 Å². The smallest absolute Gasteiger partial charge is 0.227 e. The third kappa shape index (κ3) is 5.06. The summed E-state index contributed by atoms with van der Waals surface area (Å²) in [6.07, 6.45) is 3.15. The summed E-state index contributed by atoms with van der Waals surface area (Å²) < 4.78 is 10.5. The molecule has 1 unspecified atom stereocenters. The third-order valence-corrected chi connectivity index (χ3v) is 6.07. The van der Waals surface area contributed by atoms with Crippen molar-refractivity contribution in [3.8, 4) is 17.1 Å². The van der Waals surface area contributed by atoms with Gasteiger partial charge in [0.15, 0.2) is 0 Å². The van der Waals surface area contributed by atoms with Crippen molar-refractivity contribution in [1.82, 2.24) is 20.4 Å². The van der Waals surface area contributed by atoms with Crippen molar-refractivity contribution in [3.05, 3.63) is 52.5 Å². The molecule has 4 rings (SSSR count). The maximum atomic E-state index is 12.5. The van der Waals surface area contributed by atoms with E-state index in [1.54, 1.807) is 18.4 Å². The number of methoxy groups -OCH3 is 1. The molecule has 158 valence electrons. The van der Waals surface area contributed by atoms with Crippen LogP contribution in [-0.2, 0) is 11.2 Å². The van der Waals surface area contributed by atoms with Crippen LogP contribution in [0.2, 0.25) is 0 Å². The van der Waals surface area contributed by atoms with Crippen LogP contribution in [0, 0.1) is 0 Å². The van der Waals surface area contributed by atoms with Crippen LogP contribution < -0.4 is 10.1 Å². The number of carbonyl (C=O) groups excluding carboxylic acids is 1. The zero-order valence-corrected chi connectivity index (χ0v) is 17.9. The van der Waals surface area contributed by atoms with Gasteiger partial charge in [-0.1, -0.05) is 17.3 Å². The average molecular weight is 427 g/mol. The number of ether oxygens (including phenoxy) is 1. The lowest BCUT2D eigenvalue weighted by molar-refractivity contribution is -0.121. The van der Waals surface area contributed by atoms with Gasteiger partial charge in [-0.2, -0.15) is 16.3 Å². The zero-order valence-electron chi connectivity index (χ0n) is 17.0. The summed E-state index contributed by atoms with van der Waals surface area (Å²) in [7, 11) is 1.67.